The van der Waals surface area contributed by atoms with Crippen LogP contribution in [0.1, 0.15) is 38.2 Å². The molecule has 4 heteroatoms. The van der Waals surface area contributed by atoms with Gasteiger partial charge in [-0.1, -0.05) is 12.8 Å². The highest BCUT2D eigenvalue weighted by molar-refractivity contribution is 6.17. The van der Waals surface area contributed by atoms with Gasteiger partial charge in [-0.2, -0.15) is 0 Å². The first-order valence-electron chi connectivity index (χ1n) is 5.98. The molecular formula is C12H18ClN3. The van der Waals surface area contributed by atoms with E-state index in [1.807, 2.05) is 12.4 Å². The molecule has 0 bridgehead atoms. The van der Waals surface area contributed by atoms with E-state index in [0.29, 0.717) is 11.9 Å². The summed E-state index contributed by atoms with van der Waals surface area (Å²) in [5.74, 6) is 1.33. The number of rotatable bonds is 4. The second-order valence-electron chi connectivity index (χ2n) is 4.25. The van der Waals surface area contributed by atoms with Gasteiger partial charge in [0, 0.05) is 30.5 Å². The SMILES string of the molecule is CCN(c1ncc(CCl)cn1)C1CCCC1. The van der Waals surface area contributed by atoms with Crippen molar-refractivity contribution in [1.29, 1.82) is 0 Å². The van der Waals surface area contributed by atoms with Crippen LogP contribution < -0.4 is 4.90 Å². The highest BCUT2D eigenvalue weighted by Gasteiger charge is 2.23. The third-order valence-electron chi connectivity index (χ3n) is 3.21. The molecule has 1 fully saturated rings. The van der Waals surface area contributed by atoms with Crippen molar-refractivity contribution in [3.8, 4) is 0 Å². The topological polar surface area (TPSA) is 29.0 Å². The van der Waals surface area contributed by atoms with E-state index in [0.717, 1.165) is 18.1 Å². The zero-order chi connectivity index (χ0) is 11.4. The van der Waals surface area contributed by atoms with Crippen LogP contribution in [0.4, 0.5) is 5.95 Å². The van der Waals surface area contributed by atoms with Crippen molar-refractivity contribution >= 4 is 17.5 Å². The van der Waals surface area contributed by atoms with Crippen LogP contribution in [0.25, 0.3) is 0 Å². The van der Waals surface area contributed by atoms with Gasteiger partial charge < -0.3 is 4.90 Å². The Hall–Kier alpha value is -0.830. The van der Waals surface area contributed by atoms with Crippen LogP contribution in [0, 0.1) is 0 Å². The normalized spacial score (nSPS) is 16.6. The lowest BCUT2D eigenvalue weighted by molar-refractivity contribution is 0.604. The summed E-state index contributed by atoms with van der Waals surface area (Å²) in [6.45, 7) is 3.14. The maximum Gasteiger partial charge on any atom is 0.225 e. The predicted octanol–water partition coefficient (Wildman–Crippen LogP) is 2.98. The molecule has 0 saturated heterocycles. The fraction of sp³-hybridized carbons (Fsp3) is 0.667. The Morgan fingerprint density at radius 2 is 1.94 bits per heavy atom. The van der Waals surface area contributed by atoms with Gasteiger partial charge in [-0.05, 0) is 19.8 Å². The van der Waals surface area contributed by atoms with Crippen molar-refractivity contribution in [1.82, 2.24) is 9.97 Å². The second-order valence-corrected chi connectivity index (χ2v) is 4.52. The van der Waals surface area contributed by atoms with Crippen LogP contribution in [0.3, 0.4) is 0 Å². The quantitative estimate of drug-likeness (QED) is 0.757. The van der Waals surface area contributed by atoms with Crippen molar-refractivity contribution in [2.45, 2.75) is 44.5 Å². The minimum atomic E-state index is 0.482. The average molecular weight is 240 g/mol. The minimum Gasteiger partial charge on any atom is -0.338 e. The lowest BCUT2D eigenvalue weighted by atomic mass is 10.2. The fourth-order valence-electron chi connectivity index (χ4n) is 2.34. The third kappa shape index (κ3) is 2.46. The molecule has 0 unspecified atom stereocenters. The third-order valence-corrected chi connectivity index (χ3v) is 3.52. The molecule has 2 rings (SSSR count). The van der Waals surface area contributed by atoms with E-state index in [1.165, 1.54) is 25.7 Å². The predicted molar refractivity (Wildman–Crippen MR) is 66.9 cm³/mol. The van der Waals surface area contributed by atoms with Gasteiger partial charge in [0.25, 0.3) is 0 Å². The minimum absolute atomic E-state index is 0.482. The average Bonchev–Trinajstić information content (AvgIpc) is 2.85. The van der Waals surface area contributed by atoms with Crippen LogP contribution in [0.5, 0.6) is 0 Å². The second kappa shape index (κ2) is 5.48. The van der Waals surface area contributed by atoms with Crippen molar-refractivity contribution in [3.05, 3.63) is 18.0 Å². The van der Waals surface area contributed by atoms with Crippen LogP contribution in [-0.4, -0.2) is 22.6 Å². The Labute approximate surface area is 102 Å². The van der Waals surface area contributed by atoms with Gasteiger partial charge in [-0.15, -0.1) is 11.6 Å². The number of hydrogen-bond donors (Lipinski definition) is 0. The molecule has 0 N–H and O–H groups in total. The number of hydrogen-bond acceptors (Lipinski definition) is 3. The number of alkyl halides is 1. The van der Waals surface area contributed by atoms with E-state index in [2.05, 4.69) is 21.8 Å². The fourth-order valence-corrected chi connectivity index (χ4v) is 2.48. The molecule has 0 aliphatic heterocycles. The van der Waals surface area contributed by atoms with E-state index < -0.39 is 0 Å². The first kappa shape index (κ1) is 11.6. The Bertz CT molecular complexity index is 320. The van der Waals surface area contributed by atoms with Crippen molar-refractivity contribution in [2.75, 3.05) is 11.4 Å². The van der Waals surface area contributed by atoms with Gasteiger partial charge in [0.15, 0.2) is 0 Å². The van der Waals surface area contributed by atoms with Gasteiger partial charge in [0.05, 0.1) is 5.88 Å². The molecule has 1 saturated carbocycles. The van der Waals surface area contributed by atoms with Gasteiger partial charge in [0.2, 0.25) is 5.95 Å². The first-order valence-corrected chi connectivity index (χ1v) is 6.52. The van der Waals surface area contributed by atoms with Crippen molar-refractivity contribution in [2.24, 2.45) is 0 Å². The zero-order valence-corrected chi connectivity index (χ0v) is 10.5. The van der Waals surface area contributed by atoms with Crippen LogP contribution in [-0.2, 0) is 5.88 Å². The summed E-state index contributed by atoms with van der Waals surface area (Å²) in [5, 5.41) is 0. The number of aromatic nitrogens is 2. The largest absolute Gasteiger partial charge is 0.338 e. The number of halogens is 1. The van der Waals surface area contributed by atoms with Crippen LogP contribution >= 0.6 is 11.6 Å². The molecule has 16 heavy (non-hydrogen) atoms. The molecule has 1 aliphatic rings. The Morgan fingerprint density at radius 1 is 1.31 bits per heavy atom. The maximum absolute atomic E-state index is 5.73. The molecule has 1 aromatic rings. The van der Waals surface area contributed by atoms with E-state index in [4.69, 9.17) is 11.6 Å². The molecule has 0 atom stereocenters. The lowest BCUT2D eigenvalue weighted by Crippen LogP contribution is -2.34. The highest BCUT2D eigenvalue weighted by Crippen LogP contribution is 2.25. The highest BCUT2D eigenvalue weighted by atomic mass is 35.5. The van der Waals surface area contributed by atoms with E-state index in [9.17, 15) is 0 Å². The zero-order valence-electron chi connectivity index (χ0n) is 9.69. The first-order chi connectivity index (χ1) is 7.85. The molecule has 1 heterocycles. The van der Waals surface area contributed by atoms with E-state index >= 15 is 0 Å². The summed E-state index contributed by atoms with van der Waals surface area (Å²) in [6, 6.07) is 0.631. The van der Waals surface area contributed by atoms with Crippen molar-refractivity contribution < 1.29 is 0 Å². The summed E-state index contributed by atoms with van der Waals surface area (Å²) in [5.41, 5.74) is 0.980. The molecule has 1 aliphatic carbocycles. The molecule has 0 aromatic carbocycles. The van der Waals surface area contributed by atoms with Gasteiger partial charge in [-0.25, -0.2) is 9.97 Å². The molecule has 0 radical (unpaired) electrons. The smallest absolute Gasteiger partial charge is 0.225 e. The summed E-state index contributed by atoms with van der Waals surface area (Å²) in [7, 11) is 0. The lowest BCUT2D eigenvalue weighted by Gasteiger charge is -2.27. The van der Waals surface area contributed by atoms with E-state index in [1.54, 1.807) is 0 Å². The van der Waals surface area contributed by atoms with Gasteiger partial charge in [0.1, 0.15) is 0 Å². The van der Waals surface area contributed by atoms with Crippen LogP contribution in [0.2, 0.25) is 0 Å². The summed E-state index contributed by atoms with van der Waals surface area (Å²) in [4.78, 5) is 11.1. The van der Waals surface area contributed by atoms with Crippen LogP contribution in [0.15, 0.2) is 12.4 Å². The Morgan fingerprint density at radius 3 is 2.44 bits per heavy atom. The Balaban J connectivity index is 2.12. The summed E-state index contributed by atoms with van der Waals surface area (Å²) >= 11 is 5.73. The summed E-state index contributed by atoms with van der Waals surface area (Å²) < 4.78 is 0. The maximum atomic E-state index is 5.73. The molecule has 0 amide bonds. The molecule has 3 nitrogen and oxygen atoms in total. The molecular weight excluding hydrogens is 222 g/mol. The molecule has 1 aromatic heterocycles. The standard InChI is InChI=1S/C12H18ClN3/c1-2-16(11-5-3-4-6-11)12-14-8-10(7-13)9-15-12/h8-9,11H,2-7H2,1H3. The number of nitrogens with zero attached hydrogens (tertiary/aromatic N) is 3. The Kier molecular flexibility index (Phi) is 3.99. The van der Waals surface area contributed by atoms with Gasteiger partial charge >= 0.3 is 0 Å². The molecule has 0 spiro atoms. The van der Waals surface area contributed by atoms with E-state index in [-0.39, 0.29) is 0 Å². The van der Waals surface area contributed by atoms with Gasteiger partial charge in [-0.3, -0.25) is 0 Å². The number of anilines is 1. The summed E-state index contributed by atoms with van der Waals surface area (Å²) in [6.07, 6.45) is 8.87. The molecule has 88 valence electrons. The monoisotopic (exact) mass is 239 g/mol. The van der Waals surface area contributed by atoms with Crippen molar-refractivity contribution in [3.63, 3.8) is 0 Å².